The maximum absolute atomic E-state index is 11.9. The number of para-hydroxylation sites is 4. The number of aliphatic carboxylic acids is 1. The zero-order chi connectivity index (χ0) is 23.3. The Morgan fingerprint density at radius 1 is 0.939 bits per heavy atom. The standard InChI is InChI=1S/C27H29NO5/c1-3-4-18-32-27(2,26(29)30)20-13-15-21(16-14-20)31-19-17-28-22-9-5-7-11-24(22)33-25-12-8-6-10-23(25)28/h5-16H,3-4,17-19H2,1-2H3,(H,29,30). The number of hydrogen-bond donors (Lipinski definition) is 1. The van der Waals surface area contributed by atoms with E-state index in [0.29, 0.717) is 31.1 Å². The molecule has 1 heterocycles. The molecule has 0 fully saturated rings. The first-order valence-electron chi connectivity index (χ1n) is 11.3. The monoisotopic (exact) mass is 447 g/mol. The van der Waals surface area contributed by atoms with E-state index >= 15 is 0 Å². The molecule has 0 saturated carbocycles. The van der Waals surface area contributed by atoms with Gasteiger partial charge in [-0.15, -0.1) is 0 Å². The zero-order valence-electron chi connectivity index (χ0n) is 19.0. The van der Waals surface area contributed by atoms with Crippen molar-refractivity contribution in [1.82, 2.24) is 0 Å². The minimum absolute atomic E-state index is 0.403. The quantitative estimate of drug-likeness (QED) is 0.377. The van der Waals surface area contributed by atoms with Gasteiger partial charge >= 0.3 is 5.97 Å². The Kier molecular flexibility index (Phi) is 6.84. The number of anilines is 2. The fourth-order valence-electron chi connectivity index (χ4n) is 3.84. The molecule has 3 aromatic carbocycles. The van der Waals surface area contributed by atoms with Gasteiger partial charge in [-0.1, -0.05) is 49.7 Å². The Morgan fingerprint density at radius 3 is 2.12 bits per heavy atom. The molecule has 0 saturated heterocycles. The van der Waals surface area contributed by atoms with E-state index in [1.165, 1.54) is 0 Å². The minimum Gasteiger partial charge on any atom is -0.492 e. The summed E-state index contributed by atoms with van der Waals surface area (Å²) in [6, 6.07) is 23.0. The average molecular weight is 448 g/mol. The van der Waals surface area contributed by atoms with Gasteiger partial charge in [-0.2, -0.15) is 0 Å². The molecule has 0 radical (unpaired) electrons. The number of unbranched alkanes of at least 4 members (excludes halogenated alkanes) is 1. The van der Waals surface area contributed by atoms with Crippen molar-refractivity contribution in [2.75, 3.05) is 24.7 Å². The zero-order valence-corrected chi connectivity index (χ0v) is 19.0. The van der Waals surface area contributed by atoms with Gasteiger partial charge in [0.1, 0.15) is 12.4 Å². The molecule has 3 aromatic rings. The van der Waals surface area contributed by atoms with Crippen LogP contribution in [0.4, 0.5) is 11.4 Å². The summed E-state index contributed by atoms with van der Waals surface area (Å²) in [4.78, 5) is 14.1. The summed E-state index contributed by atoms with van der Waals surface area (Å²) in [7, 11) is 0. The van der Waals surface area contributed by atoms with E-state index in [2.05, 4.69) is 4.90 Å². The highest BCUT2D eigenvalue weighted by atomic mass is 16.5. The Bertz CT molecular complexity index is 1050. The van der Waals surface area contributed by atoms with Crippen molar-refractivity contribution in [2.24, 2.45) is 0 Å². The number of ether oxygens (including phenoxy) is 3. The van der Waals surface area contributed by atoms with Crippen molar-refractivity contribution in [3.63, 3.8) is 0 Å². The van der Waals surface area contributed by atoms with E-state index in [1.54, 1.807) is 31.2 Å². The van der Waals surface area contributed by atoms with Gasteiger partial charge in [0.25, 0.3) is 0 Å². The average Bonchev–Trinajstić information content (AvgIpc) is 2.84. The van der Waals surface area contributed by atoms with Crippen molar-refractivity contribution in [3.8, 4) is 17.2 Å². The first kappa shape index (κ1) is 22.7. The molecule has 0 amide bonds. The number of carboxylic acid groups (broad SMARTS) is 1. The van der Waals surface area contributed by atoms with Gasteiger partial charge in [-0.3, -0.25) is 0 Å². The van der Waals surface area contributed by atoms with Crippen molar-refractivity contribution < 1.29 is 24.1 Å². The third-order valence-corrected chi connectivity index (χ3v) is 5.82. The number of carbonyl (C=O) groups is 1. The lowest BCUT2D eigenvalue weighted by atomic mass is 9.95. The smallest absolute Gasteiger partial charge is 0.340 e. The molecular formula is C27H29NO5. The summed E-state index contributed by atoms with van der Waals surface area (Å²) >= 11 is 0. The second-order valence-electron chi connectivity index (χ2n) is 8.10. The topological polar surface area (TPSA) is 68.2 Å². The number of fused-ring (bicyclic) bond motifs is 2. The van der Waals surface area contributed by atoms with Gasteiger partial charge < -0.3 is 24.2 Å². The molecule has 6 nitrogen and oxygen atoms in total. The minimum atomic E-state index is -1.38. The van der Waals surface area contributed by atoms with Gasteiger partial charge in [-0.05, 0) is 55.3 Å². The summed E-state index contributed by atoms with van der Waals surface area (Å²) < 4.78 is 17.7. The molecule has 1 N–H and O–H groups in total. The fourth-order valence-corrected chi connectivity index (χ4v) is 3.84. The molecule has 1 aliphatic rings. The molecule has 1 atom stereocenters. The van der Waals surface area contributed by atoms with Crippen molar-refractivity contribution in [1.29, 1.82) is 0 Å². The summed E-state index contributed by atoms with van der Waals surface area (Å²) in [5.41, 5.74) is 1.21. The predicted molar refractivity (Wildman–Crippen MR) is 128 cm³/mol. The number of hydrogen-bond acceptors (Lipinski definition) is 5. The lowest BCUT2D eigenvalue weighted by Crippen LogP contribution is -2.35. The number of benzene rings is 3. The Morgan fingerprint density at radius 2 is 1.55 bits per heavy atom. The summed E-state index contributed by atoms with van der Waals surface area (Å²) in [6.07, 6.45) is 1.76. The van der Waals surface area contributed by atoms with E-state index in [0.717, 1.165) is 35.7 Å². The van der Waals surface area contributed by atoms with Crippen molar-refractivity contribution in [2.45, 2.75) is 32.3 Å². The molecule has 4 rings (SSSR count). The van der Waals surface area contributed by atoms with Crippen LogP contribution in [0.1, 0.15) is 32.3 Å². The van der Waals surface area contributed by atoms with Gasteiger partial charge in [0.05, 0.1) is 17.9 Å². The van der Waals surface area contributed by atoms with Crippen LogP contribution in [0.5, 0.6) is 17.2 Å². The number of nitrogens with zero attached hydrogens (tertiary/aromatic N) is 1. The Balaban J connectivity index is 1.43. The van der Waals surface area contributed by atoms with Gasteiger partial charge in [0, 0.05) is 6.61 Å². The lowest BCUT2D eigenvalue weighted by molar-refractivity contribution is -0.165. The third-order valence-electron chi connectivity index (χ3n) is 5.82. The third kappa shape index (κ3) is 4.81. The van der Waals surface area contributed by atoms with Crippen LogP contribution in [0.25, 0.3) is 0 Å². The highest BCUT2D eigenvalue weighted by Crippen LogP contribution is 2.45. The molecule has 0 spiro atoms. The molecule has 172 valence electrons. The molecular weight excluding hydrogens is 418 g/mol. The fraction of sp³-hybridized carbons (Fsp3) is 0.296. The lowest BCUT2D eigenvalue weighted by Gasteiger charge is -2.32. The van der Waals surface area contributed by atoms with Crippen molar-refractivity contribution >= 4 is 17.3 Å². The second kappa shape index (κ2) is 9.96. The maximum Gasteiger partial charge on any atom is 0.340 e. The van der Waals surface area contributed by atoms with Crippen LogP contribution in [0.15, 0.2) is 72.8 Å². The molecule has 6 heteroatoms. The maximum atomic E-state index is 11.9. The molecule has 1 unspecified atom stereocenters. The normalized spacial score (nSPS) is 13.9. The summed E-state index contributed by atoms with van der Waals surface area (Å²) in [5.74, 6) is 1.31. The number of rotatable bonds is 10. The molecule has 33 heavy (non-hydrogen) atoms. The highest BCUT2D eigenvalue weighted by Gasteiger charge is 2.36. The van der Waals surface area contributed by atoms with Crippen LogP contribution in [0, 0.1) is 0 Å². The Labute approximate surface area is 194 Å². The van der Waals surface area contributed by atoms with E-state index in [-0.39, 0.29) is 0 Å². The summed E-state index contributed by atoms with van der Waals surface area (Å²) in [5, 5.41) is 9.73. The SMILES string of the molecule is CCCCOC(C)(C(=O)O)c1ccc(OCCN2c3ccccc3Oc3ccccc32)cc1. The highest BCUT2D eigenvalue weighted by molar-refractivity contribution is 5.79. The van der Waals surface area contributed by atoms with Crippen LogP contribution in [0.3, 0.4) is 0 Å². The second-order valence-corrected chi connectivity index (χ2v) is 8.10. The van der Waals surface area contributed by atoms with Crippen LogP contribution in [0.2, 0.25) is 0 Å². The first-order chi connectivity index (χ1) is 16.0. The predicted octanol–water partition coefficient (Wildman–Crippen LogP) is 6.13. The number of carboxylic acids is 1. The Hall–Kier alpha value is -3.51. The van der Waals surface area contributed by atoms with Crippen LogP contribution in [-0.2, 0) is 15.1 Å². The molecule has 0 bridgehead atoms. The molecule has 0 aromatic heterocycles. The van der Waals surface area contributed by atoms with E-state index in [4.69, 9.17) is 14.2 Å². The largest absolute Gasteiger partial charge is 0.492 e. The first-order valence-corrected chi connectivity index (χ1v) is 11.3. The van der Waals surface area contributed by atoms with Crippen molar-refractivity contribution in [3.05, 3.63) is 78.4 Å². The molecule has 0 aliphatic carbocycles. The van der Waals surface area contributed by atoms with E-state index in [1.807, 2.05) is 55.5 Å². The van der Waals surface area contributed by atoms with E-state index < -0.39 is 11.6 Å². The summed E-state index contributed by atoms with van der Waals surface area (Å²) in [6.45, 7) is 5.12. The van der Waals surface area contributed by atoms with Crippen LogP contribution in [-0.4, -0.2) is 30.8 Å². The van der Waals surface area contributed by atoms with Crippen LogP contribution >= 0.6 is 0 Å². The van der Waals surface area contributed by atoms with E-state index in [9.17, 15) is 9.90 Å². The molecule has 1 aliphatic heterocycles. The van der Waals surface area contributed by atoms with Gasteiger partial charge in [0.2, 0.25) is 0 Å². The van der Waals surface area contributed by atoms with Gasteiger partial charge in [0.15, 0.2) is 17.1 Å². The van der Waals surface area contributed by atoms with Gasteiger partial charge in [-0.25, -0.2) is 4.79 Å². The van der Waals surface area contributed by atoms with Crippen LogP contribution < -0.4 is 14.4 Å².